The van der Waals surface area contributed by atoms with Crippen LogP contribution in [0, 0.1) is 34.0 Å². The molecule has 0 aromatic heterocycles. The van der Waals surface area contributed by atoms with Crippen molar-refractivity contribution in [1.29, 1.82) is 0 Å². The largest absolute Gasteiger partial charge is 0.303 e. The van der Waals surface area contributed by atoms with Crippen LogP contribution in [0.5, 0.6) is 0 Å². The van der Waals surface area contributed by atoms with Gasteiger partial charge in [0.05, 0.1) is 0 Å². The fourth-order valence-corrected chi connectivity index (χ4v) is 4.90. The minimum atomic E-state index is 0.251. The van der Waals surface area contributed by atoms with Crippen LogP contribution < -0.4 is 0 Å². The smallest absolute Gasteiger partial charge is 0.120 e. The molecule has 4 unspecified atom stereocenters. The highest BCUT2D eigenvalue weighted by Gasteiger charge is 2.66. The Labute approximate surface area is 142 Å². The molecule has 2 saturated carbocycles. The normalized spacial score (nSPS) is 38.9. The van der Waals surface area contributed by atoms with Crippen molar-refractivity contribution in [2.45, 2.75) is 73.6 Å². The molecule has 0 heterocycles. The lowest BCUT2D eigenvalue weighted by molar-refractivity contribution is -0.110. The third-order valence-corrected chi connectivity index (χ3v) is 7.98. The molecule has 2 heteroatoms. The molecule has 0 aliphatic heterocycles. The van der Waals surface area contributed by atoms with Gasteiger partial charge in [-0.3, -0.25) is 0 Å². The molecule has 130 valence electrons. The van der Waals surface area contributed by atoms with Gasteiger partial charge in [0, 0.05) is 12.8 Å². The van der Waals surface area contributed by atoms with E-state index in [4.69, 9.17) is 0 Å². The minimum Gasteiger partial charge on any atom is -0.303 e. The molecule has 0 saturated heterocycles. The summed E-state index contributed by atoms with van der Waals surface area (Å²) in [7, 11) is 0. The zero-order chi connectivity index (χ0) is 17.5. The Morgan fingerprint density at radius 2 is 1.61 bits per heavy atom. The fourth-order valence-electron chi connectivity index (χ4n) is 4.90. The second kappa shape index (κ2) is 6.18. The average molecular weight is 319 g/mol. The lowest BCUT2D eigenvalue weighted by atomic mass is 9.70. The molecule has 2 nitrogen and oxygen atoms in total. The van der Waals surface area contributed by atoms with Crippen molar-refractivity contribution in [2.24, 2.45) is 34.0 Å². The van der Waals surface area contributed by atoms with Crippen molar-refractivity contribution in [1.82, 2.24) is 0 Å². The summed E-state index contributed by atoms with van der Waals surface area (Å²) in [6, 6.07) is 0. The molecule has 0 spiro atoms. The summed E-state index contributed by atoms with van der Waals surface area (Å²) in [5.41, 5.74) is 2.66. The van der Waals surface area contributed by atoms with E-state index >= 15 is 0 Å². The predicted molar refractivity (Wildman–Crippen MR) is 95.1 cm³/mol. The monoisotopic (exact) mass is 318 g/mol. The number of hydrogen-bond donors (Lipinski definition) is 0. The van der Waals surface area contributed by atoms with Crippen LogP contribution in [-0.4, -0.2) is 12.6 Å². The number of carbonyl (C=O) groups is 2. The maximum Gasteiger partial charge on any atom is 0.120 e. The van der Waals surface area contributed by atoms with Gasteiger partial charge in [0.1, 0.15) is 12.6 Å². The first-order valence-electron chi connectivity index (χ1n) is 9.15. The predicted octanol–water partition coefficient (Wildman–Crippen LogP) is 5.22. The number of rotatable bonds is 4. The maximum absolute atomic E-state index is 10.5. The number of hydrogen-bond acceptors (Lipinski definition) is 2. The molecule has 0 N–H and O–H groups in total. The highest BCUT2D eigenvalue weighted by molar-refractivity contribution is 5.51. The van der Waals surface area contributed by atoms with E-state index in [0.717, 1.165) is 31.3 Å². The van der Waals surface area contributed by atoms with E-state index in [9.17, 15) is 9.59 Å². The first-order valence-corrected chi connectivity index (χ1v) is 9.15. The van der Waals surface area contributed by atoms with Gasteiger partial charge in [-0.2, -0.15) is 0 Å². The molecule has 3 rings (SSSR count). The maximum atomic E-state index is 10.5. The summed E-state index contributed by atoms with van der Waals surface area (Å²) < 4.78 is 0. The van der Waals surface area contributed by atoms with Crippen LogP contribution in [0.3, 0.4) is 0 Å². The van der Waals surface area contributed by atoms with Gasteiger partial charge >= 0.3 is 0 Å². The summed E-state index contributed by atoms with van der Waals surface area (Å²) in [5, 5.41) is 0. The van der Waals surface area contributed by atoms with Crippen molar-refractivity contribution in [3.05, 3.63) is 11.6 Å². The first-order chi connectivity index (χ1) is 10.6. The molecular weight excluding hydrogens is 284 g/mol. The van der Waals surface area contributed by atoms with Crippen LogP contribution in [-0.2, 0) is 9.59 Å². The van der Waals surface area contributed by atoms with E-state index in [2.05, 4.69) is 47.6 Å². The van der Waals surface area contributed by atoms with Crippen molar-refractivity contribution in [3.8, 4) is 0 Å². The topological polar surface area (TPSA) is 34.1 Å². The Bertz CT molecular complexity index is 500. The summed E-state index contributed by atoms with van der Waals surface area (Å²) >= 11 is 0. The molecule has 0 aromatic carbocycles. The summed E-state index contributed by atoms with van der Waals surface area (Å²) in [5.74, 6) is 2.12. The van der Waals surface area contributed by atoms with Gasteiger partial charge in [0.2, 0.25) is 0 Å². The highest BCUT2D eigenvalue weighted by Crippen LogP contribution is 2.74. The molecule has 0 amide bonds. The number of carbonyl (C=O) groups excluding carboxylic acids is 2. The van der Waals surface area contributed by atoms with Crippen molar-refractivity contribution in [3.63, 3.8) is 0 Å². The lowest BCUT2D eigenvalue weighted by Gasteiger charge is -2.34. The number of fused-ring (bicyclic) bond motifs is 1. The SMILES string of the molecule is CC1(C)C(CC=O)CC2CC21C.CC1=CCC(CC=O)C1(C)C. The Kier molecular flexibility index (Phi) is 4.95. The molecule has 3 aliphatic carbocycles. The Hall–Kier alpha value is -0.920. The van der Waals surface area contributed by atoms with Gasteiger partial charge < -0.3 is 9.59 Å². The van der Waals surface area contributed by atoms with E-state index in [1.54, 1.807) is 0 Å². The van der Waals surface area contributed by atoms with Gasteiger partial charge in [-0.05, 0) is 60.2 Å². The number of allylic oxidation sites excluding steroid dienone is 2. The molecule has 4 atom stereocenters. The average Bonchev–Trinajstić information content (AvgIpc) is 3.02. The zero-order valence-electron chi connectivity index (χ0n) is 15.8. The second-order valence-corrected chi connectivity index (χ2v) is 9.32. The van der Waals surface area contributed by atoms with Gasteiger partial charge in [-0.15, -0.1) is 0 Å². The van der Waals surface area contributed by atoms with Crippen LogP contribution in [0.15, 0.2) is 11.6 Å². The van der Waals surface area contributed by atoms with Crippen LogP contribution in [0.2, 0.25) is 0 Å². The quantitative estimate of drug-likeness (QED) is 0.526. The second-order valence-electron chi connectivity index (χ2n) is 9.32. The molecule has 23 heavy (non-hydrogen) atoms. The molecule has 0 bridgehead atoms. The molecule has 2 fully saturated rings. The third-order valence-electron chi connectivity index (χ3n) is 7.98. The molecular formula is C21H34O2. The fraction of sp³-hybridized carbons (Fsp3) is 0.810. The standard InChI is InChI=1S/C11H18O.C10H16O/c1-10(2)8(4-5-12)6-9-7-11(9,10)3;1-8-4-5-9(6-7-11)10(8,2)3/h5,8-9H,4,6-7H2,1-3H3;4,7,9H,5-6H2,1-3H3. The first kappa shape index (κ1) is 18.4. The highest BCUT2D eigenvalue weighted by atomic mass is 16.1. The van der Waals surface area contributed by atoms with Crippen molar-refractivity contribution >= 4 is 12.6 Å². The van der Waals surface area contributed by atoms with Gasteiger partial charge in [-0.25, -0.2) is 0 Å². The van der Waals surface area contributed by atoms with Crippen molar-refractivity contribution < 1.29 is 9.59 Å². The summed E-state index contributed by atoms with van der Waals surface area (Å²) in [6.07, 6.45) is 9.66. The Balaban J connectivity index is 0.000000168. The van der Waals surface area contributed by atoms with E-state index < -0.39 is 0 Å². The van der Waals surface area contributed by atoms with E-state index in [0.29, 0.717) is 29.1 Å². The van der Waals surface area contributed by atoms with Crippen LogP contribution in [0.1, 0.15) is 73.6 Å². The van der Waals surface area contributed by atoms with Crippen LogP contribution >= 0.6 is 0 Å². The van der Waals surface area contributed by atoms with Crippen molar-refractivity contribution in [2.75, 3.05) is 0 Å². The molecule has 0 radical (unpaired) electrons. The third kappa shape index (κ3) is 3.06. The molecule has 0 aromatic rings. The van der Waals surface area contributed by atoms with Gasteiger partial charge in [-0.1, -0.05) is 46.3 Å². The summed E-state index contributed by atoms with van der Waals surface area (Å²) in [6.45, 7) is 13.7. The van der Waals surface area contributed by atoms with E-state index in [1.807, 2.05) is 0 Å². The van der Waals surface area contributed by atoms with Crippen LogP contribution in [0.4, 0.5) is 0 Å². The van der Waals surface area contributed by atoms with Gasteiger partial charge in [0.25, 0.3) is 0 Å². The lowest BCUT2D eigenvalue weighted by Crippen LogP contribution is -2.28. The molecule has 3 aliphatic rings. The number of aldehydes is 2. The Morgan fingerprint density at radius 1 is 1.04 bits per heavy atom. The van der Waals surface area contributed by atoms with Gasteiger partial charge in [0.15, 0.2) is 0 Å². The van der Waals surface area contributed by atoms with Crippen LogP contribution in [0.25, 0.3) is 0 Å². The Morgan fingerprint density at radius 3 is 2.00 bits per heavy atom. The van der Waals surface area contributed by atoms with E-state index in [-0.39, 0.29) is 5.41 Å². The van der Waals surface area contributed by atoms with E-state index in [1.165, 1.54) is 18.4 Å². The summed E-state index contributed by atoms with van der Waals surface area (Å²) in [4.78, 5) is 20.8. The minimum absolute atomic E-state index is 0.251. The zero-order valence-corrected chi connectivity index (χ0v) is 15.8.